The number of carbonyl (C=O) groups excluding carboxylic acids is 1. The van der Waals surface area contributed by atoms with E-state index >= 15 is 0 Å². The van der Waals surface area contributed by atoms with Gasteiger partial charge in [0.15, 0.2) is 0 Å². The van der Waals surface area contributed by atoms with E-state index in [4.69, 9.17) is 4.74 Å². The van der Waals surface area contributed by atoms with Crippen LogP contribution in [0.25, 0.3) is 10.9 Å². The number of halogens is 1. The van der Waals surface area contributed by atoms with Crippen molar-refractivity contribution in [3.8, 4) is 0 Å². The maximum atomic E-state index is 13.2. The lowest BCUT2D eigenvalue weighted by Crippen LogP contribution is -2.37. The standard InChI is InChI=1S/C24H26BrN3O3S/c1-24(2,3)31-23(30)21-15(8-13-20(21)32-17-11-9-16(25)10-12-17)14-28-22(29)18-6-4-5-7-19(18)26-27-28/h4-7,9-12,15,20-21H,8,13-14H2,1-3H3/t15-,20-,21-/m0/s1. The Morgan fingerprint density at radius 3 is 2.59 bits per heavy atom. The summed E-state index contributed by atoms with van der Waals surface area (Å²) in [4.78, 5) is 27.3. The van der Waals surface area contributed by atoms with E-state index in [0.717, 1.165) is 22.2 Å². The molecule has 1 aliphatic carbocycles. The molecule has 0 radical (unpaired) electrons. The number of ether oxygens (including phenoxy) is 1. The molecule has 2 aromatic carbocycles. The normalized spacial score (nSPS) is 21.1. The highest BCUT2D eigenvalue weighted by Crippen LogP contribution is 2.44. The Morgan fingerprint density at radius 1 is 1.16 bits per heavy atom. The molecule has 0 N–H and O–H groups in total. The monoisotopic (exact) mass is 515 g/mol. The summed E-state index contributed by atoms with van der Waals surface area (Å²) in [5, 5.41) is 8.95. The Morgan fingerprint density at radius 2 is 1.88 bits per heavy atom. The molecule has 3 atom stereocenters. The molecule has 0 saturated heterocycles. The van der Waals surface area contributed by atoms with E-state index in [-0.39, 0.29) is 28.6 Å². The van der Waals surface area contributed by atoms with Gasteiger partial charge in [-0.3, -0.25) is 9.59 Å². The van der Waals surface area contributed by atoms with Crippen LogP contribution in [0.5, 0.6) is 0 Å². The second-order valence-corrected chi connectivity index (χ2v) is 11.3. The van der Waals surface area contributed by atoms with Crippen molar-refractivity contribution in [3.05, 3.63) is 63.4 Å². The van der Waals surface area contributed by atoms with Gasteiger partial charge in [0.1, 0.15) is 11.1 Å². The Kier molecular flexibility index (Phi) is 6.72. The SMILES string of the molecule is CC(C)(C)OC(=O)[C@H]1[C@H](Cn2nnc3ccccc3c2=O)CC[C@@H]1Sc1ccc(Br)cc1. The van der Waals surface area contributed by atoms with Gasteiger partial charge in [0.25, 0.3) is 5.56 Å². The highest BCUT2D eigenvalue weighted by atomic mass is 79.9. The summed E-state index contributed by atoms with van der Waals surface area (Å²) < 4.78 is 8.21. The van der Waals surface area contributed by atoms with Gasteiger partial charge in [0.2, 0.25) is 0 Å². The molecule has 1 aromatic heterocycles. The first-order valence-electron chi connectivity index (χ1n) is 10.7. The maximum absolute atomic E-state index is 13.2. The third kappa shape index (κ3) is 5.23. The number of hydrogen-bond acceptors (Lipinski definition) is 6. The molecule has 1 heterocycles. The minimum absolute atomic E-state index is 0.0500. The lowest BCUT2D eigenvalue weighted by Gasteiger charge is -2.28. The summed E-state index contributed by atoms with van der Waals surface area (Å²) in [6.45, 7) is 5.99. The number of rotatable bonds is 5. The Bertz CT molecular complexity index is 1170. The Balaban J connectivity index is 1.61. The van der Waals surface area contributed by atoms with Crippen molar-refractivity contribution in [3.63, 3.8) is 0 Å². The summed E-state index contributed by atoms with van der Waals surface area (Å²) in [7, 11) is 0. The molecule has 4 rings (SSSR count). The highest BCUT2D eigenvalue weighted by Gasteiger charge is 2.44. The molecule has 8 heteroatoms. The van der Waals surface area contributed by atoms with Crippen LogP contribution in [0.15, 0.2) is 62.7 Å². The third-order valence-corrected chi connectivity index (χ3v) is 7.45. The predicted molar refractivity (Wildman–Crippen MR) is 130 cm³/mol. The van der Waals surface area contributed by atoms with E-state index < -0.39 is 5.60 Å². The summed E-state index contributed by atoms with van der Waals surface area (Å²) in [5.41, 5.74) is -0.175. The summed E-state index contributed by atoms with van der Waals surface area (Å²) in [5.74, 6) is -0.592. The molecule has 1 aliphatic rings. The second-order valence-electron chi connectivity index (χ2n) is 9.10. The lowest BCUT2D eigenvalue weighted by molar-refractivity contribution is -0.161. The molecule has 168 valence electrons. The third-order valence-electron chi connectivity index (χ3n) is 5.55. The van der Waals surface area contributed by atoms with E-state index in [0.29, 0.717) is 17.4 Å². The van der Waals surface area contributed by atoms with E-state index in [1.807, 2.05) is 57.2 Å². The topological polar surface area (TPSA) is 74.1 Å². The largest absolute Gasteiger partial charge is 0.460 e. The van der Waals surface area contributed by atoms with Gasteiger partial charge in [0, 0.05) is 14.6 Å². The van der Waals surface area contributed by atoms with E-state index in [1.165, 1.54) is 4.68 Å². The number of esters is 1. The van der Waals surface area contributed by atoms with Crippen LogP contribution in [-0.4, -0.2) is 31.8 Å². The summed E-state index contributed by atoms with van der Waals surface area (Å²) >= 11 is 5.17. The minimum atomic E-state index is -0.573. The summed E-state index contributed by atoms with van der Waals surface area (Å²) in [6, 6.07) is 15.3. The Hall–Kier alpha value is -2.19. The van der Waals surface area contributed by atoms with Gasteiger partial charge in [-0.05, 0) is 75.9 Å². The van der Waals surface area contributed by atoms with Crippen LogP contribution in [0.4, 0.5) is 0 Å². The number of hydrogen-bond donors (Lipinski definition) is 0. The van der Waals surface area contributed by atoms with Crippen molar-refractivity contribution in [1.29, 1.82) is 0 Å². The predicted octanol–water partition coefficient (Wildman–Crippen LogP) is 5.08. The van der Waals surface area contributed by atoms with Gasteiger partial charge >= 0.3 is 5.97 Å². The molecule has 0 spiro atoms. The van der Waals surface area contributed by atoms with Crippen LogP contribution >= 0.6 is 27.7 Å². The molecule has 1 fully saturated rings. The number of carbonyl (C=O) groups is 1. The van der Waals surface area contributed by atoms with Gasteiger partial charge in [0.05, 0.1) is 17.8 Å². The molecule has 0 unspecified atom stereocenters. The van der Waals surface area contributed by atoms with Gasteiger partial charge < -0.3 is 4.74 Å². The summed E-state index contributed by atoms with van der Waals surface area (Å²) in [6.07, 6.45) is 1.68. The number of thioether (sulfide) groups is 1. The molecular weight excluding hydrogens is 490 g/mol. The first-order valence-corrected chi connectivity index (χ1v) is 12.4. The second kappa shape index (κ2) is 9.35. The minimum Gasteiger partial charge on any atom is -0.460 e. The molecule has 1 saturated carbocycles. The quantitative estimate of drug-likeness (QED) is 0.441. The van der Waals surface area contributed by atoms with Crippen molar-refractivity contribution in [2.24, 2.45) is 11.8 Å². The number of benzene rings is 2. The zero-order valence-corrected chi connectivity index (χ0v) is 20.7. The first-order chi connectivity index (χ1) is 15.2. The fourth-order valence-corrected chi connectivity index (χ4v) is 5.79. The van der Waals surface area contributed by atoms with Crippen LogP contribution in [0.3, 0.4) is 0 Å². The van der Waals surface area contributed by atoms with Crippen LogP contribution in [0.1, 0.15) is 33.6 Å². The smallest absolute Gasteiger partial charge is 0.310 e. The van der Waals surface area contributed by atoms with E-state index in [2.05, 4.69) is 26.2 Å². The zero-order valence-electron chi connectivity index (χ0n) is 18.3. The maximum Gasteiger partial charge on any atom is 0.310 e. The molecule has 0 amide bonds. The van der Waals surface area contributed by atoms with Gasteiger partial charge in [-0.25, -0.2) is 4.68 Å². The van der Waals surface area contributed by atoms with Crippen molar-refractivity contribution >= 4 is 44.6 Å². The van der Waals surface area contributed by atoms with Crippen molar-refractivity contribution < 1.29 is 9.53 Å². The van der Waals surface area contributed by atoms with Gasteiger partial charge in [-0.2, -0.15) is 0 Å². The van der Waals surface area contributed by atoms with Crippen molar-refractivity contribution in [1.82, 2.24) is 15.0 Å². The van der Waals surface area contributed by atoms with Crippen LogP contribution < -0.4 is 5.56 Å². The van der Waals surface area contributed by atoms with E-state index in [9.17, 15) is 9.59 Å². The molecule has 32 heavy (non-hydrogen) atoms. The fourth-order valence-electron chi connectivity index (χ4n) is 4.15. The zero-order chi connectivity index (χ0) is 22.9. The number of fused-ring (bicyclic) bond motifs is 1. The fraction of sp³-hybridized carbons (Fsp3) is 0.417. The lowest BCUT2D eigenvalue weighted by atomic mass is 9.95. The Labute approximate surface area is 199 Å². The highest BCUT2D eigenvalue weighted by molar-refractivity contribution is 9.10. The van der Waals surface area contributed by atoms with Gasteiger partial charge in [-0.1, -0.05) is 33.3 Å². The van der Waals surface area contributed by atoms with Crippen LogP contribution in [0.2, 0.25) is 0 Å². The van der Waals surface area contributed by atoms with Gasteiger partial charge in [-0.15, -0.1) is 16.9 Å². The number of aromatic nitrogens is 3. The average molecular weight is 516 g/mol. The van der Waals surface area contributed by atoms with E-state index in [1.54, 1.807) is 23.9 Å². The average Bonchev–Trinajstić information content (AvgIpc) is 3.13. The molecule has 3 aromatic rings. The molecular formula is C24H26BrN3O3S. The number of nitrogens with zero attached hydrogens (tertiary/aromatic N) is 3. The van der Waals surface area contributed by atoms with Crippen LogP contribution in [-0.2, 0) is 16.1 Å². The molecule has 0 bridgehead atoms. The molecule has 0 aliphatic heterocycles. The molecule has 6 nitrogen and oxygen atoms in total. The van der Waals surface area contributed by atoms with Crippen molar-refractivity contribution in [2.75, 3.05) is 0 Å². The first kappa shape index (κ1) is 23.0. The van der Waals surface area contributed by atoms with Crippen LogP contribution in [0, 0.1) is 11.8 Å². The van der Waals surface area contributed by atoms with Crippen molar-refractivity contribution in [2.45, 2.75) is 55.9 Å².